The van der Waals surface area contributed by atoms with Crippen molar-refractivity contribution in [3.8, 4) is 0 Å². The summed E-state index contributed by atoms with van der Waals surface area (Å²) in [4.78, 5) is 7.02. The maximum atomic E-state index is 10.1. The van der Waals surface area contributed by atoms with Gasteiger partial charge >= 0.3 is 0 Å². The fourth-order valence-electron chi connectivity index (χ4n) is 2.77. The monoisotopic (exact) mass is 259 g/mol. The van der Waals surface area contributed by atoms with E-state index in [0.29, 0.717) is 0 Å². The molecule has 102 valence electrons. The van der Waals surface area contributed by atoms with Gasteiger partial charge in [0.1, 0.15) is 5.65 Å². The lowest BCUT2D eigenvalue weighted by molar-refractivity contribution is 0.0444. The Kier molecular flexibility index (Phi) is 3.29. The highest BCUT2D eigenvalue weighted by molar-refractivity contribution is 5.39. The Morgan fingerprint density at radius 2 is 2.21 bits per heavy atom. The highest BCUT2D eigenvalue weighted by Gasteiger charge is 2.25. The number of pyridine rings is 1. The molecule has 19 heavy (non-hydrogen) atoms. The van der Waals surface area contributed by atoms with Crippen molar-refractivity contribution in [3.05, 3.63) is 36.3 Å². The molecule has 2 aromatic rings. The van der Waals surface area contributed by atoms with E-state index in [1.807, 2.05) is 31.3 Å². The number of fused-ring (bicyclic) bond motifs is 1. The first-order valence-corrected chi connectivity index (χ1v) is 7.00. The first-order valence-electron chi connectivity index (χ1n) is 7.00. The zero-order valence-corrected chi connectivity index (χ0v) is 11.4. The minimum Gasteiger partial charge on any atom is -0.390 e. The predicted octanol–water partition coefficient (Wildman–Crippen LogP) is 2.07. The van der Waals surface area contributed by atoms with Gasteiger partial charge in [-0.3, -0.25) is 4.90 Å². The van der Waals surface area contributed by atoms with E-state index in [1.54, 1.807) is 0 Å². The van der Waals surface area contributed by atoms with E-state index in [2.05, 4.69) is 20.5 Å². The van der Waals surface area contributed by atoms with Gasteiger partial charge in [-0.05, 0) is 44.9 Å². The number of aliphatic hydroxyl groups is 1. The summed E-state index contributed by atoms with van der Waals surface area (Å²) in [6, 6.07) is 6.05. The fraction of sp³-hybridized carbons (Fsp3) is 0.533. The van der Waals surface area contributed by atoms with Gasteiger partial charge in [-0.2, -0.15) is 0 Å². The number of hydrogen-bond acceptors (Lipinski definition) is 3. The lowest BCUT2D eigenvalue weighted by atomic mass is 9.98. The van der Waals surface area contributed by atoms with Crippen LogP contribution >= 0.6 is 0 Å². The van der Waals surface area contributed by atoms with Crippen molar-refractivity contribution >= 4 is 5.65 Å². The topological polar surface area (TPSA) is 40.8 Å². The Hall–Kier alpha value is -1.39. The van der Waals surface area contributed by atoms with Gasteiger partial charge in [-0.15, -0.1) is 0 Å². The quantitative estimate of drug-likeness (QED) is 0.897. The van der Waals surface area contributed by atoms with Gasteiger partial charge in [0.2, 0.25) is 0 Å². The summed E-state index contributed by atoms with van der Waals surface area (Å²) >= 11 is 0. The molecule has 1 unspecified atom stereocenters. The lowest BCUT2D eigenvalue weighted by Gasteiger charge is -2.21. The summed E-state index contributed by atoms with van der Waals surface area (Å²) in [6.45, 7) is 4.81. The van der Waals surface area contributed by atoms with Gasteiger partial charge in [0, 0.05) is 25.5 Å². The van der Waals surface area contributed by atoms with E-state index in [4.69, 9.17) is 0 Å². The molecule has 1 atom stereocenters. The van der Waals surface area contributed by atoms with E-state index in [0.717, 1.165) is 50.2 Å². The summed E-state index contributed by atoms with van der Waals surface area (Å²) < 4.78 is 2.06. The normalized spacial score (nSPS) is 25.6. The summed E-state index contributed by atoms with van der Waals surface area (Å²) in [5, 5.41) is 10.1. The number of likely N-dealkylation sites (tertiary alicyclic amines) is 1. The third-order valence-corrected chi connectivity index (χ3v) is 3.96. The first-order chi connectivity index (χ1) is 9.12. The molecule has 0 aromatic carbocycles. The highest BCUT2D eigenvalue weighted by atomic mass is 16.3. The summed E-state index contributed by atoms with van der Waals surface area (Å²) in [6.07, 6.45) is 6.92. The molecule has 1 saturated heterocycles. The minimum absolute atomic E-state index is 0.492. The molecule has 0 radical (unpaired) electrons. The highest BCUT2D eigenvalue weighted by Crippen LogP contribution is 2.22. The molecule has 1 N–H and O–H groups in total. The molecule has 1 aliphatic heterocycles. The molecule has 2 aromatic heterocycles. The Labute approximate surface area is 113 Å². The van der Waals surface area contributed by atoms with E-state index in [-0.39, 0.29) is 0 Å². The Morgan fingerprint density at radius 1 is 1.32 bits per heavy atom. The Bertz CT molecular complexity index is 528. The van der Waals surface area contributed by atoms with E-state index in [9.17, 15) is 5.11 Å². The van der Waals surface area contributed by atoms with Crippen LogP contribution in [0.3, 0.4) is 0 Å². The zero-order chi connectivity index (χ0) is 13.3. The van der Waals surface area contributed by atoms with Crippen molar-refractivity contribution in [2.75, 3.05) is 13.1 Å². The van der Waals surface area contributed by atoms with E-state index < -0.39 is 5.60 Å². The van der Waals surface area contributed by atoms with Gasteiger partial charge in [0.15, 0.2) is 0 Å². The van der Waals surface area contributed by atoms with Gasteiger partial charge in [-0.25, -0.2) is 4.98 Å². The molecule has 4 heteroatoms. The van der Waals surface area contributed by atoms with Crippen molar-refractivity contribution in [1.82, 2.24) is 14.3 Å². The van der Waals surface area contributed by atoms with Gasteiger partial charge in [0.05, 0.1) is 11.3 Å². The fourth-order valence-corrected chi connectivity index (χ4v) is 2.77. The average Bonchev–Trinajstić information content (AvgIpc) is 2.69. The van der Waals surface area contributed by atoms with Crippen LogP contribution in [0, 0.1) is 0 Å². The largest absolute Gasteiger partial charge is 0.390 e. The molecule has 0 spiro atoms. The van der Waals surface area contributed by atoms with Crippen molar-refractivity contribution in [1.29, 1.82) is 0 Å². The number of hydrogen-bond donors (Lipinski definition) is 1. The number of imidazole rings is 1. The second-order valence-corrected chi connectivity index (χ2v) is 5.82. The van der Waals surface area contributed by atoms with Crippen molar-refractivity contribution in [2.45, 2.75) is 38.3 Å². The Morgan fingerprint density at radius 3 is 3.05 bits per heavy atom. The van der Waals surface area contributed by atoms with Gasteiger partial charge in [-0.1, -0.05) is 6.07 Å². The number of nitrogens with zero attached hydrogens (tertiary/aromatic N) is 3. The zero-order valence-electron chi connectivity index (χ0n) is 11.4. The van der Waals surface area contributed by atoms with E-state index in [1.165, 1.54) is 0 Å². The number of rotatable bonds is 2. The molecular formula is C15H21N3O. The van der Waals surface area contributed by atoms with Crippen LogP contribution in [0.1, 0.15) is 31.9 Å². The second-order valence-electron chi connectivity index (χ2n) is 5.82. The molecule has 0 saturated carbocycles. The van der Waals surface area contributed by atoms with Crippen molar-refractivity contribution < 1.29 is 5.11 Å². The van der Waals surface area contributed by atoms with Crippen LogP contribution in [0.5, 0.6) is 0 Å². The number of aromatic nitrogens is 2. The summed E-state index contributed by atoms with van der Waals surface area (Å²) in [7, 11) is 0. The van der Waals surface area contributed by atoms with E-state index >= 15 is 0 Å². The maximum absolute atomic E-state index is 10.1. The standard InChI is InChI=1S/C15H21N3O/c1-15(19)6-4-8-17(10-7-15)11-13-12-18-9-3-2-5-14(18)16-13/h2-3,5,9,12,19H,4,6-8,10-11H2,1H3. The summed E-state index contributed by atoms with van der Waals surface area (Å²) in [5.41, 5.74) is 1.61. The molecule has 3 heterocycles. The van der Waals surface area contributed by atoms with Crippen LogP contribution in [0.25, 0.3) is 5.65 Å². The third-order valence-electron chi connectivity index (χ3n) is 3.96. The maximum Gasteiger partial charge on any atom is 0.137 e. The van der Waals surface area contributed by atoms with Crippen LogP contribution < -0.4 is 0 Å². The summed E-state index contributed by atoms with van der Waals surface area (Å²) in [5.74, 6) is 0. The van der Waals surface area contributed by atoms with Crippen LogP contribution in [0.15, 0.2) is 30.6 Å². The molecule has 0 bridgehead atoms. The molecular weight excluding hydrogens is 238 g/mol. The average molecular weight is 259 g/mol. The SMILES string of the molecule is CC1(O)CCCN(Cc2cn3ccccc3n2)CC1. The third kappa shape index (κ3) is 2.96. The molecule has 1 aliphatic rings. The first kappa shape index (κ1) is 12.6. The second kappa shape index (κ2) is 4.94. The predicted molar refractivity (Wildman–Crippen MR) is 74.9 cm³/mol. The molecule has 3 rings (SSSR count). The molecule has 0 amide bonds. The van der Waals surface area contributed by atoms with Gasteiger partial charge < -0.3 is 9.51 Å². The smallest absolute Gasteiger partial charge is 0.137 e. The van der Waals surface area contributed by atoms with Crippen LogP contribution in [0.4, 0.5) is 0 Å². The van der Waals surface area contributed by atoms with Crippen LogP contribution in [-0.2, 0) is 6.54 Å². The van der Waals surface area contributed by atoms with Crippen LogP contribution in [0.2, 0.25) is 0 Å². The van der Waals surface area contributed by atoms with Crippen LogP contribution in [-0.4, -0.2) is 38.1 Å². The van der Waals surface area contributed by atoms with Gasteiger partial charge in [0.25, 0.3) is 0 Å². The molecule has 4 nitrogen and oxygen atoms in total. The minimum atomic E-state index is -0.492. The van der Waals surface area contributed by atoms with Crippen molar-refractivity contribution in [2.24, 2.45) is 0 Å². The molecule has 1 fully saturated rings. The Balaban J connectivity index is 1.70. The lowest BCUT2D eigenvalue weighted by Crippen LogP contribution is -2.28. The van der Waals surface area contributed by atoms with Crippen molar-refractivity contribution in [3.63, 3.8) is 0 Å². The molecule has 0 aliphatic carbocycles.